The van der Waals surface area contributed by atoms with Crippen molar-refractivity contribution in [1.29, 1.82) is 0 Å². The van der Waals surface area contributed by atoms with Gasteiger partial charge in [0.15, 0.2) is 0 Å². The molecule has 2 aliphatic heterocycles. The zero-order valence-electron chi connectivity index (χ0n) is 15.3. The zero-order chi connectivity index (χ0) is 18.7. The Morgan fingerprint density at radius 3 is 2.42 bits per heavy atom. The lowest BCUT2D eigenvalue weighted by molar-refractivity contribution is 0.0723. The number of likely N-dealkylation sites (N-methyl/N-ethyl adjacent to an activating group) is 1. The van der Waals surface area contributed by atoms with E-state index in [9.17, 15) is 12.8 Å². The second-order valence-electron chi connectivity index (χ2n) is 6.85. The molecule has 0 saturated carbocycles. The zero-order valence-corrected chi connectivity index (χ0v) is 16.1. The molecule has 1 aromatic carbocycles. The summed E-state index contributed by atoms with van der Waals surface area (Å²) in [6, 6.07) is 4.07. The molecule has 1 atom stereocenters. The molecule has 0 spiro atoms. The number of nitrogens with one attached hydrogen (secondary N) is 1. The number of piperazine rings is 1. The fourth-order valence-electron chi connectivity index (χ4n) is 3.36. The number of halogens is 1. The van der Waals surface area contributed by atoms with Crippen molar-refractivity contribution in [3.8, 4) is 0 Å². The van der Waals surface area contributed by atoms with Crippen LogP contribution in [0.2, 0.25) is 0 Å². The van der Waals surface area contributed by atoms with E-state index in [0.29, 0.717) is 31.9 Å². The van der Waals surface area contributed by atoms with Crippen LogP contribution in [0.15, 0.2) is 18.2 Å². The molecule has 2 aliphatic rings. The second-order valence-corrected chi connectivity index (χ2v) is 8.55. The van der Waals surface area contributed by atoms with Gasteiger partial charge in [0.05, 0.1) is 13.2 Å². The van der Waals surface area contributed by atoms with Crippen LogP contribution < -0.4 is 9.62 Å². The lowest BCUT2D eigenvalue weighted by Crippen LogP contribution is -2.47. The minimum Gasteiger partial charge on any atom is -0.379 e. The number of hydrogen-bond donors (Lipinski definition) is 1. The Labute approximate surface area is 154 Å². The van der Waals surface area contributed by atoms with Gasteiger partial charge in [-0.25, -0.2) is 4.39 Å². The van der Waals surface area contributed by atoms with E-state index in [4.69, 9.17) is 4.74 Å². The quantitative estimate of drug-likeness (QED) is 0.811. The molecule has 2 saturated heterocycles. The van der Waals surface area contributed by atoms with Crippen molar-refractivity contribution in [3.05, 3.63) is 29.6 Å². The monoisotopic (exact) mass is 386 g/mol. The van der Waals surface area contributed by atoms with E-state index in [1.54, 1.807) is 13.0 Å². The molecular weight excluding hydrogens is 359 g/mol. The SMILES string of the molecule is CC(NS(=O)(=O)N1CCOCC1)c1cc(F)ccc1N1CCN(C)CC1. The highest BCUT2D eigenvalue weighted by Gasteiger charge is 2.28. The topological polar surface area (TPSA) is 65.1 Å². The maximum absolute atomic E-state index is 13.9. The lowest BCUT2D eigenvalue weighted by atomic mass is 10.0. The molecule has 0 aliphatic carbocycles. The van der Waals surface area contributed by atoms with E-state index in [1.807, 2.05) is 0 Å². The third-order valence-electron chi connectivity index (χ3n) is 4.94. The summed E-state index contributed by atoms with van der Waals surface area (Å²) in [6.07, 6.45) is 0. The minimum atomic E-state index is -3.65. The Morgan fingerprint density at radius 1 is 1.12 bits per heavy atom. The summed E-state index contributed by atoms with van der Waals surface area (Å²) in [4.78, 5) is 4.43. The first kappa shape index (κ1) is 19.5. The van der Waals surface area contributed by atoms with Gasteiger partial charge < -0.3 is 14.5 Å². The van der Waals surface area contributed by atoms with Crippen LogP contribution in [0.25, 0.3) is 0 Å². The molecule has 0 amide bonds. The standard InChI is InChI=1S/C17H27FN4O3S/c1-14(19-26(23,24)22-9-11-25-12-10-22)16-13-15(18)3-4-17(16)21-7-5-20(2)6-8-21/h3-4,13-14,19H,5-12H2,1-2H3. The molecule has 0 radical (unpaired) electrons. The highest BCUT2D eigenvalue weighted by Crippen LogP contribution is 2.29. The van der Waals surface area contributed by atoms with Crippen LogP contribution in [0.5, 0.6) is 0 Å². The van der Waals surface area contributed by atoms with Crippen molar-refractivity contribution in [2.24, 2.45) is 0 Å². The average Bonchev–Trinajstić information content (AvgIpc) is 2.63. The average molecular weight is 386 g/mol. The first-order chi connectivity index (χ1) is 12.4. The Hall–Kier alpha value is -1.26. The van der Waals surface area contributed by atoms with Crippen LogP contribution in [0.1, 0.15) is 18.5 Å². The molecule has 146 valence electrons. The van der Waals surface area contributed by atoms with Crippen molar-refractivity contribution >= 4 is 15.9 Å². The van der Waals surface area contributed by atoms with Crippen molar-refractivity contribution in [2.75, 3.05) is 64.4 Å². The molecule has 1 unspecified atom stereocenters. The number of benzene rings is 1. The maximum atomic E-state index is 13.9. The third-order valence-corrected chi connectivity index (χ3v) is 6.63. The van der Waals surface area contributed by atoms with E-state index in [0.717, 1.165) is 31.9 Å². The fraction of sp³-hybridized carbons (Fsp3) is 0.647. The van der Waals surface area contributed by atoms with Crippen LogP contribution in [0.4, 0.5) is 10.1 Å². The molecule has 9 heteroatoms. The molecule has 3 rings (SSSR count). The van der Waals surface area contributed by atoms with E-state index >= 15 is 0 Å². The maximum Gasteiger partial charge on any atom is 0.280 e. The van der Waals surface area contributed by atoms with Crippen molar-refractivity contribution < 1.29 is 17.5 Å². The van der Waals surface area contributed by atoms with Gasteiger partial charge in [-0.15, -0.1) is 0 Å². The first-order valence-corrected chi connectivity index (χ1v) is 10.4. The Bertz CT molecular complexity index is 717. The highest BCUT2D eigenvalue weighted by molar-refractivity contribution is 7.87. The van der Waals surface area contributed by atoms with Gasteiger partial charge in [0.1, 0.15) is 5.82 Å². The van der Waals surface area contributed by atoms with Gasteiger partial charge in [-0.2, -0.15) is 17.4 Å². The summed E-state index contributed by atoms with van der Waals surface area (Å²) in [5, 5.41) is 0. The van der Waals surface area contributed by atoms with E-state index in [1.165, 1.54) is 16.4 Å². The van der Waals surface area contributed by atoms with Crippen molar-refractivity contribution in [3.63, 3.8) is 0 Å². The molecule has 1 aromatic rings. The first-order valence-electron chi connectivity index (χ1n) is 8.95. The Morgan fingerprint density at radius 2 is 1.77 bits per heavy atom. The summed E-state index contributed by atoms with van der Waals surface area (Å²) in [7, 11) is -1.57. The predicted octanol–water partition coefficient (Wildman–Crippen LogP) is 0.805. The number of anilines is 1. The van der Waals surface area contributed by atoms with Gasteiger partial charge in [-0.05, 0) is 37.7 Å². The van der Waals surface area contributed by atoms with Crippen LogP contribution in [-0.2, 0) is 14.9 Å². The number of nitrogens with zero attached hydrogens (tertiary/aromatic N) is 3. The third kappa shape index (κ3) is 4.52. The number of rotatable bonds is 5. The summed E-state index contributed by atoms with van der Waals surface area (Å²) < 4.78 is 48.4. The summed E-state index contributed by atoms with van der Waals surface area (Å²) in [5.74, 6) is -0.365. The second kappa shape index (κ2) is 8.18. The minimum absolute atomic E-state index is 0.330. The predicted molar refractivity (Wildman–Crippen MR) is 99.0 cm³/mol. The molecule has 1 N–H and O–H groups in total. The van der Waals surface area contributed by atoms with Crippen LogP contribution in [0, 0.1) is 5.82 Å². The van der Waals surface area contributed by atoms with Gasteiger partial charge in [0, 0.05) is 51.0 Å². The van der Waals surface area contributed by atoms with Crippen LogP contribution >= 0.6 is 0 Å². The van der Waals surface area contributed by atoms with Gasteiger partial charge >= 0.3 is 0 Å². The number of hydrogen-bond acceptors (Lipinski definition) is 5. The summed E-state index contributed by atoms with van der Waals surface area (Å²) in [5.41, 5.74) is 1.54. The van der Waals surface area contributed by atoms with E-state index < -0.39 is 16.3 Å². The van der Waals surface area contributed by atoms with Gasteiger partial charge in [-0.1, -0.05) is 0 Å². The fourth-order valence-corrected chi connectivity index (χ4v) is 4.71. The van der Waals surface area contributed by atoms with Crippen LogP contribution in [0.3, 0.4) is 0 Å². The Kier molecular flexibility index (Phi) is 6.13. The smallest absolute Gasteiger partial charge is 0.280 e. The Balaban J connectivity index is 1.79. The summed E-state index contributed by atoms with van der Waals surface area (Å²) >= 11 is 0. The van der Waals surface area contributed by atoms with Crippen molar-refractivity contribution in [2.45, 2.75) is 13.0 Å². The normalized spacial score (nSPS) is 21.7. The molecule has 7 nitrogen and oxygen atoms in total. The van der Waals surface area contributed by atoms with Gasteiger partial charge in [-0.3, -0.25) is 0 Å². The molecule has 2 heterocycles. The number of ether oxygens (including phenoxy) is 1. The number of morpholine rings is 1. The highest BCUT2D eigenvalue weighted by atomic mass is 32.2. The largest absolute Gasteiger partial charge is 0.379 e. The van der Waals surface area contributed by atoms with Gasteiger partial charge in [0.2, 0.25) is 0 Å². The lowest BCUT2D eigenvalue weighted by Gasteiger charge is -2.36. The van der Waals surface area contributed by atoms with E-state index in [2.05, 4.69) is 21.6 Å². The van der Waals surface area contributed by atoms with Crippen LogP contribution in [-0.4, -0.2) is 77.2 Å². The molecular formula is C17H27FN4O3S. The summed E-state index contributed by atoms with van der Waals surface area (Å²) in [6.45, 7) is 6.70. The molecule has 0 bridgehead atoms. The van der Waals surface area contributed by atoms with Crippen molar-refractivity contribution in [1.82, 2.24) is 13.9 Å². The molecule has 2 fully saturated rings. The van der Waals surface area contributed by atoms with E-state index in [-0.39, 0.29) is 5.82 Å². The van der Waals surface area contributed by atoms with Gasteiger partial charge in [0.25, 0.3) is 10.2 Å². The molecule has 0 aromatic heterocycles. The molecule has 26 heavy (non-hydrogen) atoms.